The van der Waals surface area contributed by atoms with Crippen LogP contribution in [-0.2, 0) is 17.4 Å². The fourth-order valence-corrected chi connectivity index (χ4v) is 3.01. The molecule has 1 atom stereocenters. The lowest BCUT2D eigenvalue weighted by Crippen LogP contribution is -2.37. The summed E-state index contributed by atoms with van der Waals surface area (Å²) >= 11 is 0. The predicted molar refractivity (Wildman–Crippen MR) is 108 cm³/mol. The Labute approximate surface area is 172 Å². The van der Waals surface area contributed by atoms with Gasteiger partial charge in [-0.2, -0.15) is 13.2 Å². The van der Waals surface area contributed by atoms with Gasteiger partial charge < -0.3 is 10.0 Å². The number of pyridine rings is 1. The molecule has 0 bridgehead atoms. The van der Waals surface area contributed by atoms with Gasteiger partial charge in [0.1, 0.15) is 0 Å². The molecule has 4 nitrogen and oxygen atoms in total. The fourth-order valence-electron chi connectivity index (χ4n) is 3.01. The number of hydrogen-bond acceptors (Lipinski definition) is 3. The summed E-state index contributed by atoms with van der Waals surface area (Å²) in [5, 5.41) is 10.6. The Balaban J connectivity index is 1.81. The summed E-state index contributed by atoms with van der Waals surface area (Å²) < 4.78 is 38.3. The number of aryl methyl sites for hydroxylation is 1. The van der Waals surface area contributed by atoms with Crippen molar-refractivity contribution in [2.45, 2.75) is 25.6 Å². The summed E-state index contributed by atoms with van der Waals surface area (Å²) in [6.07, 6.45) is -3.90. The number of halogens is 3. The van der Waals surface area contributed by atoms with Crippen LogP contribution in [-0.4, -0.2) is 22.5 Å². The lowest BCUT2D eigenvalue weighted by molar-refractivity contribution is -0.137. The average molecular weight is 414 g/mol. The second-order valence-corrected chi connectivity index (χ2v) is 6.91. The molecule has 0 radical (unpaired) electrons. The van der Waals surface area contributed by atoms with E-state index in [9.17, 15) is 23.1 Å². The summed E-state index contributed by atoms with van der Waals surface area (Å²) in [4.78, 5) is 18.6. The summed E-state index contributed by atoms with van der Waals surface area (Å²) in [5.41, 5.74) is 1.67. The topological polar surface area (TPSA) is 53.4 Å². The summed E-state index contributed by atoms with van der Waals surface area (Å²) in [6, 6.07) is 16.9. The number of hydrogen-bond donors (Lipinski definition) is 1. The number of nitrogens with zero attached hydrogens (tertiary/aromatic N) is 2. The molecule has 0 saturated carbocycles. The maximum Gasteiger partial charge on any atom is 0.416 e. The molecule has 7 heteroatoms. The standard InChI is InChI=1S/C23H21F3N2O2/c1-16-7-12-20(15-27-16)28(22(30)21(29)18-5-3-2-4-6-18)14-13-17-8-10-19(11-9-17)23(24,25)26/h2-12,15,21,29H,13-14H2,1H3. The van der Waals surface area contributed by atoms with Crippen molar-refractivity contribution in [3.05, 3.63) is 95.3 Å². The van der Waals surface area contributed by atoms with E-state index in [-0.39, 0.29) is 6.54 Å². The van der Waals surface area contributed by atoms with Crippen molar-refractivity contribution in [1.82, 2.24) is 4.98 Å². The van der Waals surface area contributed by atoms with E-state index in [1.807, 2.05) is 6.92 Å². The molecule has 1 N–H and O–H groups in total. The van der Waals surface area contributed by atoms with Crippen molar-refractivity contribution in [2.75, 3.05) is 11.4 Å². The first-order valence-electron chi connectivity index (χ1n) is 9.39. The Kier molecular flexibility index (Phi) is 6.52. The van der Waals surface area contributed by atoms with Crippen molar-refractivity contribution in [2.24, 2.45) is 0 Å². The Morgan fingerprint density at radius 2 is 1.70 bits per heavy atom. The van der Waals surface area contributed by atoms with Gasteiger partial charge in [0.15, 0.2) is 6.10 Å². The van der Waals surface area contributed by atoms with Crippen molar-refractivity contribution >= 4 is 11.6 Å². The minimum atomic E-state index is -4.39. The van der Waals surface area contributed by atoms with Gasteiger partial charge in [0.25, 0.3) is 5.91 Å². The molecule has 0 aliphatic heterocycles. The molecule has 1 heterocycles. The van der Waals surface area contributed by atoms with Crippen LogP contribution in [0.25, 0.3) is 0 Å². The number of aliphatic hydroxyl groups excluding tert-OH is 1. The summed E-state index contributed by atoms with van der Waals surface area (Å²) in [7, 11) is 0. The van der Waals surface area contributed by atoms with E-state index in [4.69, 9.17) is 0 Å². The Bertz CT molecular complexity index is 972. The molecule has 0 saturated heterocycles. The number of aliphatic hydroxyl groups is 1. The Morgan fingerprint density at radius 1 is 1.03 bits per heavy atom. The van der Waals surface area contributed by atoms with E-state index < -0.39 is 23.8 Å². The maximum atomic E-state index is 13.0. The molecule has 0 fully saturated rings. The molecule has 0 aliphatic rings. The number of rotatable bonds is 6. The number of aromatic nitrogens is 1. The molecule has 156 valence electrons. The smallest absolute Gasteiger partial charge is 0.378 e. The molecular weight excluding hydrogens is 393 g/mol. The highest BCUT2D eigenvalue weighted by molar-refractivity contribution is 5.96. The first kappa shape index (κ1) is 21.5. The predicted octanol–water partition coefficient (Wildman–Crippen LogP) is 4.72. The third-order valence-corrected chi connectivity index (χ3v) is 4.73. The summed E-state index contributed by atoms with van der Waals surface area (Å²) in [6.45, 7) is 2.00. The zero-order chi connectivity index (χ0) is 21.7. The van der Waals surface area contributed by atoms with Gasteiger partial charge in [-0.1, -0.05) is 42.5 Å². The number of carbonyl (C=O) groups is 1. The van der Waals surface area contributed by atoms with Gasteiger partial charge in [-0.3, -0.25) is 9.78 Å². The molecule has 30 heavy (non-hydrogen) atoms. The molecule has 2 aromatic carbocycles. The van der Waals surface area contributed by atoms with E-state index in [1.54, 1.807) is 42.5 Å². The van der Waals surface area contributed by atoms with Gasteiger partial charge in [-0.15, -0.1) is 0 Å². The van der Waals surface area contributed by atoms with Crippen LogP contribution in [0.5, 0.6) is 0 Å². The third-order valence-electron chi connectivity index (χ3n) is 4.73. The van der Waals surface area contributed by atoms with Crippen molar-refractivity contribution in [1.29, 1.82) is 0 Å². The van der Waals surface area contributed by atoms with Gasteiger partial charge >= 0.3 is 6.18 Å². The lowest BCUT2D eigenvalue weighted by Gasteiger charge is -2.25. The minimum Gasteiger partial charge on any atom is -0.378 e. The second-order valence-electron chi connectivity index (χ2n) is 6.91. The van der Waals surface area contributed by atoms with Crippen LogP contribution in [0.1, 0.15) is 28.5 Å². The van der Waals surface area contributed by atoms with E-state index in [0.717, 1.165) is 17.8 Å². The Morgan fingerprint density at radius 3 is 2.27 bits per heavy atom. The van der Waals surface area contributed by atoms with E-state index in [0.29, 0.717) is 23.2 Å². The molecule has 3 rings (SSSR count). The molecule has 1 unspecified atom stereocenters. The van der Waals surface area contributed by atoms with Crippen molar-refractivity contribution in [3.63, 3.8) is 0 Å². The van der Waals surface area contributed by atoms with Crippen LogP contribution in [0.4, 0.5) is 18.9 Å². The van der Waals surface area contributed by atoms with Crippen LogP contribution in [0, 0.1) is 6.92 Å². The molecular formula is C23H21F3N2O2. The van der Waals surface area contributed by atoms with E-state index in [1.165, 1.54) is 23.2 Å². The normalized spacial score (nSPS) is 12.4. The van der Waals surface area contributed by atoms with Crippen LogP contribution in [0.15, 0.2) is 72.9 Å². The first-order valence-corrected chi connectivity index (χ1v) is 9.39. The fraction of sp³-hybridized carbons (Fsp3) is 0.217. The monoisotopic (exact) mass is 414 g/mol. The Hall–Kier alpha value is -3.19. The van der Waals surface area contributed by atoms with Crippen molar-refractivity contribution < 1.29 is 23.1 Å². The zero-order valence-electron chi connectivity index (χ0n) is 16.3. The summed E-state index contributed by atoms with van der Waals surface area (Å²) in [5.74, 6) is -0.529. The average Bonchev–Trinajstić information content (AvgIpc) is 2.74. The molecule has 1 amide bonds. The number of anilines is 1. The first-order chi connectivity index (χ1) is 14.3. The minimum absolute atomic E-state index is 0.179. The lowest BCUT2D eigenvalue weighted by atomic mass is 10.1. The van der Waals surface area contributed by atoms with Crippen LogP contribution >= 0.6 is 0 Å². The third kappa shape index (κ3) is 5.24. The molecule has 1 aromatic heterocycles. The van der Waals surface area contributed by atoms with E-state index >= 15 is 0 Å². The van der Waals surface area contributed by atoms with Gasteiger partial charge in [-0.05, 0) is 48.7 Å². The molecule has 0 spiro atoms. The number of amides is 1. The highest BCUT2D eigenvalue weighted by Crippen LogP contribution is 2.29. The van der Waals surface area contributed by atoms with Gasteiger partial charge in [0.2, 0.25) is 0 Å². The van der Waals surface area contributed by atoms with Gasteiger partial charge in [0.05, 0.1) is 17.4 Å². The highest BCUT2D eigenvalue weighted by atomic mass is 19.4. The highest BCUT2D eigenvalue weighted by Gasteiger charge is 2.30. The number of alkyl halides is 3. The van der Waals surface area contributed by atoms with E-state index in [2.05, 4.69) is 4.98 Å². The quantitative estimate of drug-likeness (QED) is 0.635. The number of carbonyl (C=O) groups excluding carboxylic acids is 1. The largest absolute Gasteiger partial charge is 0.416 e. The van der Waals surface area contributed by atoms with Crippen LogP contribution < -0.4 is 4.90 Å². The zero-order valence-corrected chi connectivity index (χ0v) is 16.3. The molecule has 0 aliphatic carbocycles. The van der Waals surface area contributed by atoms with Gasteiger partial charge in [0, 0.05) is 12.2 Å². The second kappa shape index (κ2) is 9.09. The van der Waals surface area contributed by atoms with Crippen LogP contribution in [0.2, 0.25) is 0 Å². The maximum absolute atomic E-state index is 13.0. The van der Waals surface area contributed by atoms with Gasteiger partial charge in [-0.25, -0.2) is 0 Å². The SMILES string of the molecule is Cc1ccc(N(CCc2ccc(C(F)(F)F)cc2)C(=O)C(O)c2ccccc2)cn1. The van der Waals surface area contributed by atoms with Crippen molar-refractivity contribution in [3.8, 4) is 0 Å². The van der Waals surface area contributed by atoms with Crippen LogP contribution in [0.3, 0.4) is 0 Å². The molecule has 3 aromatic rings. The number of benzene rings is 2.